The Labute approximate surface area is 89.5 Å². The number of aromatic nitrogens is 2. The average Bonchev–Trinajstić information content (AvgIpc) is 2.65. The number of aromatic amines is 1. The third kappa shape index (κ3) is 1.73. The highest BCUT2D eigenvalue weighted by Gasteiger charge is 2.05. The van der Waals surface area contributed by atoms with Crippen molar-refractivity contribution in [3.8, 4) is 11.1 Å². The van der Waals surface area contributed by atoms with Gasteiger partial charge in [0.15, 0.2) is 0 Å². The van der Waals surface area contributed by atoms with Crippen molar-refractivity contribution in [1.29, 1.82) is 0 Å². The summed E-state index contributed by atoms with van der Waals surface area (Å²) in [5.74, 6) is 0. The fourth-order valence-electron chi connectivity index (χ4n) is 1.70. The molecular weight excluding hydrogens is 186 g/mol. The number of nitrogens with zero attached hydrogens (tertiary/aromatic N) is 1. The van der Waals surface area contributed by atoms with Crippen LogP contribution in [0.25, 0.3) is 11.1 Å². The van der Waals surface area contributed by atoms with Gasteiger partial charge in [-0.1, -0.05) is 12.1 Å². The van der Waals surface area contributed by atoms with Gasteiger partial charge < -0.3 is 5.32 Å². The number of hydrogen-bond acceptors (Lipinski definition) is 2. The Morgan fingerprint density at radius 2 is 2.07 bits per heavy atom. The summed E-state index contributed by atoms with van der Waals surface area (Å²) in [5.41, 5.74) is 5.86. The Balaban J connectivity index is 2.51. The second-order valence-corrected chi connectivity index (χ2v) is 3.69. The van der Waals surface area contributed by atoms with Gasteiger partial charge in [-0.15, -0.1) is 0 Å². The minimum atomic E-state index is 1.10. The molecule has 0 aliphatic heterocycles. The largest absolute Gasteiger partial charge is 0.388 e. The van der Waals surface area contributed by atoms with E-state index in [4.69, 9.17) is 0 Å². The van der Waals surface area contributed by atoms with E-state index < -0.39 is 0 Å². The lowest BCUT2D eigenvalue weighted by atomic mass is 10.0. The number of rotatable bonds is 2. The normalized spacial score (nSPS) is 10.3. The molecular formula is C12H15N3. The lowest BCUT2D eigenvalue weighted by Gasteiger charge is -2.07. The van der Waals surface area contributed by atoms with Gasteiger partial charge in [0.05, 0.1) is 6.20 Å². The molecule has 3 heteroatoms. The molecule has 0 aliphatic carbocycles. The number of aryl methyl sites for hydroxylation is 2. The third-order valence-corrected chi connectivity index (χ3v) is 2.65. The zero-order valence-electron chi connectivity index (χ0n) is 9.26. The van der Waals surface area contributed by atoms with E-state index in [1.54, 1.807) is 0 Å². The van der Waals surface area contributed by atoms with E-state index in [2.05, 4.69) is 40.6 Å². The van der Waals surface area contributed by atoms with Crippen LogP contribution in [0.2, 0.25) is 0 Å². The van der Waals surface area contributed by atoms with Crippen molar-refractivity contribution >= 4 is 5.69 Å². The molecule has 0 unspecified atom stereocenters. The number of anilines is 1. The molecule has 1 aromatic heterocycles. The van der Waals surface area contributed by atoms with Gasteiger partial charge in [-0.3, -0.25) is 5.10 Å². The molecule has 0 bridgehead atoms. The highest BCUT2D eigenvalue weighted by molar-refractivity contribution is 5.70. The van der Waals surface area contributed by atoms with Gasteiger partial charge >= 0.3 is 0 Å². The summed E-state index contributed by atoms with van der Waals surface area (Å²) in [6.07, 6.45) is 1.86. The maximum atomic E-state index is 4.03. The van der Waals surface area contributed by atoms with Crippen LogP contribution >= 0.6 is 0 Å². The number of hydrogen-bond donors (Lipinski definition) is 2. The van der Waals surface area contributed by atoms with Crippen LogP contribution in [0.5, 0.6) is 0 Å². The molecule has 0 saturated heterocycles. The molecule has 0 amide bonds. The molecule has 15 heavy (non-hydrogen) atoms. The summed E-state index contributed by atoms with van der Waals surface area (Å²) < 4.78 is 0. The molecule has 2 rings (SSSR count). The van der Waals surface area contributed by atoms with Crippen LogP contribution < -0.4 is 5.32 Å². The van der Waals surface area contributed by atoms with Gasteiger partial charge in [0.2, 0.25) is 0 Å². The van der Waals surface area contributed by atoms with Crippen LogP contribution in [0.15, 0.2) is 24.4 Å². The molecule has 0 saturated carbocycles. The average molecular weight is 201 g/mol. The first kappa shape index (κ1) is 9.77. The van der Waals surface area contributed by atoms with Crippen LogP contribution in [0, 0.1) is 13.8 Å². The van der Waals surface area contributed by atoms with Crippen molar-refractivity contribution in [2.45, 2.75) is 13.8 Å². The Morgan fingerprint density at radius 1 is 1.27 bits per heavy atom. The molecule has 2 N–H and O–H groups in total. The van der Waals surface area contributed by atoms with Crippen molar-refractivity contribution in [1.82, 2.24) is 10.2 Å². The van der Waals surface area contributed by atoms with Crippen LogP contribution in [-0.2, 0) is 0 Å². The van der Waals surface area contributed by atoms with E-state index >= 15 is 0 Å². The Bertz CT molecular complexity index is 471. The van der Waals surface area contributed by atoms with E-state index in [9.17, 15) is 0 Å². The van der Waals surface area contributed by atoms with Crippen LogP contribution in [0.4, 0.5) is 5.69 Å². The molecule has 0 fully saturated rings. The standard InChI is InChI=1S/C12H15N3/c1-8-4-5-10(6-12(8)13-3)11-7-14-15-9(11)2/h4-7,13H,1-3H3,(H,14,15). The Hall–Kier alpha value is -1.77. The number of H-pyrrole nitrogens is 1. The zero-order chi connectivity index (χ0) is 10.8. The van der Waals surface area contributed by atoms with Crippen LogP contribution in [-0.4, -0.2) is 17.2 Å². The predicted octanol–water partition coefficient (Wildman–Crippen LogP) is 2.74. The summed E-state index contributed by atoms with van der Waals surface area (Å²) in [5, 5.41) is 10.2. The molecule has 1 aromatic carbocycles. The maximum absolute atomic E-state index is 4.03. The molecule has 3 nitrogen and oxygen atoms in total. The molecule has 1 heterocycles. The minimum absolute atomic E-state index is 1.10. The van der Waals surface area contributed by atoms with E-state index in [1.165, 1.54) is 11.1 Å². The molecule has 0 atom stereocenters. The van der Waals surface area contributed by atoms with Gasteiger partial charge in [0.25, 0.3) is 0 Å². The lowest BCUT2D eigenvalue weighted by molar-refractivity contribution is 1.05. The molecule has 0 aliphatic rings. The maximum Gasteiger partial charge on any atom is 0.0568 e. The van der Waals surface area contributed by atoms with Gasteiger partial charge in [-0.2, -0.15) is 5.10 Å². The molecule has 2 aromatic rings. The fourth-order valence-corrected chi connectivity index (χ4v) is 1.70. The van der Waals surface area contributed by atoms with E-state index in [0.29, 0.717) is 0 Å². The Kier molecular flexibility index (Phi) is 2.46. The van der Waals surface area contributed by atoms with Crippen molar-refractivity contribution in [2.75, 3.05) is 12.4 Å². The number of nitrogens with one attached hydrogen (secondary N) is 2. The predicted molar refractivity (Wildman–Crippen MR) is 63.0 cm³/mol. The van der Waals surface area contributed by atoms with Crippen molar-refractivity contribution in [3.63, 3.8) is 0 Å². The van der Waals surface area contributed by atoms with E-state index in [0.717, 1.165) is 16.9 Å². The van der Waals surface area contributed by atoms with Gasteiger partial charge in [-0.25, -0.2) is 0 Å². The van der Waals surface area contributed by atoms with Crippen LogP contribution in [0.3, 0.4) is 0 Å². The first-order valence-electron chi connectivity index (χ1n) is 5.01. The summed E-state index contributed by atoms with van der Waals surface area (Å²) in [7, 11) is 1.94. The molecule has 78 valence electrons. The first-order chi connectivity index (χ1) is 7.22. The van der Waals surface area contributed by atoms with Crippen molar-refractivity contribution in [3.05, 3.63) is 35.7 Å². The topological polar surface area (TPSA) is 40.7 Å². The smallest absolute Gasteiger partial charge is 0.0568 e. The van der Waals surface area contributed by atoms with Gasteiger partial charge in [0.1, 0.15) is 0 Å². The number of benzene rings is 1. The highest BCUT2D eigenvalue weighted by Crippen LogP contribution is 2.26. The lowest BCUT2D eigenvalue weighted by Crippen LogP contribution is -1.92. The van der Waals surface area contributed by atoms with E-state index in [-0.39, 0.29) is 0 Å². The van der Waals surface area contributed by atoms with Crippen LogP contribution in [0.1, 0.15) is 11.3 Å². The third-order valence-electron chi connectivity index (χ3n) is 2.65. The second-order valence-electron chi connectivity index (χ2n) is 3.69. The minimum Gasteiger partial charge on any atom is -0.388 e. The Morgan fingerprint density at radius 3 is 2.67 bits per heavy atom. The van der Waals surface area contributed by atoms with E-state index in [1.807, 2.05) is 20.2 Å². The first-order valence-corrected chi connectivity index (χ1v) is 5.01. The zero-order valence-corrected chi connectivity index (χ0v) is 9.26. The second kappa shape index (κ2) is 3.77. The highest BCUT2D eigenvalue weighted by atomic mass is 15.1. The van der Waals surface area contributed by atoms with Crippen molar-refractivity contribution < 1.29 is 0 Å². The summed E-state index contributed by atoms with van der Waals surface area (Å²) in [6, 6.07) is 6.38. The molecule has 0 spiro atoms. The van der Waals surface area contributed by atoms with Gasteiger partial charge in [-0.05, 0) is 31.0 Å². The monoisotopic (exact) mass is 201 g/mol. The summed E-state index contributed by atoms with van der Waals surface area (Å²) in [4.78, 5) is 0. The summed E-state index contributed by atoms with van der Waals surface area (Å²) in [6.45, 7) is 4.12. The molecule has 0 radical (unpaired) electrons. The summed E-state index contributed by atoms with van der Waals surface area (Å²) >= 11 is 0. The quantitative estimate of drug-likeness (QED) is 0.784. The SMILES string of the molecule is CNc1cc(-c2cn[nH]c2C)ccc1C. The van der Waals surface area contributed by atoms with Gasteiger partial charge in [0, 0.05) is 24.0 Å². The van der Waals surface area contributed by atoms with Crippen molar-refractivity contribution in [2.24, 2.45) is 0 Å². The fraction of sp³-hybridized carbons (Fsp3) is 0.250.